The molecule has 5 rings (SSSR count). The number of methoxy groups -OCH3 is 1. The minimum atomic E-state index is -3.80. The van der Waals surface area contributed by atoms with E-state index in [-0.39, 0.29) is 35.0 Å². The quantitative estimate of drug-likeness (QED) is 0.512. The fraction of sp³-hybridized carbons (Fsp3) is 0.630. The number of benzene rings is 1. The largest absolute Gasteiger partial charge is 0.497 e. The number of nitrogens with zero attached hydrogens (tertiary/aromatic N) is 4. The first kappa shape index (κ1) is 27.1. The summed E-state index contributed by atoms with van der Waals surface area (Å²) >= 11 is 0. The lowest BCUT2D eigenvalue weighted by atomic mass is 9.97. The van der Waals surface area contributed by atoms with Crippen LogP contribution in [0.25, 0.3) is 0 Å². The van der Waals surface area contributed by atoms with Crippen LogP contribution in [0, 0.1) is 19.8 Å². The lowest BCUT2D eigenvalue weighted by molar-refractivity contribution is 0.0602. The molecule has 0 bridgehead atoms. The normalized spacial score (nSPS) is 19.7. The van der Waals surface area contributed by atoms with E-state index in [9.17, 15) is 13.2 Å². The van der Waals surface area contributed by atoms with Crippen molar-refractivity contribution >= 4 is 15.9 Å². The van der Waals surface area contributed by atoms with Gasteiger partial charge in [0.1, 0.15) is 12.0 Å². The van der Waals surface area contributed by atoms with E-state index in [1.54, 1.807) is 33.1 Å². The molecule has 38 heavy (non-hydrogen) atoms. The van der Waals surface area contributed by atoms with Gasteiger partial charge in [-0.25, -0.2) is 13.4 Å². The SMILES string of the molecule is COc1cc(C)c(S(=O)(=O)N(Cc2nc(C(=O)N3CCN(CC4CCNCC4)CC3)co2)C2CC2)c(C)c1. The summed E-state index contributed by atoms with van der Waals surface area (Å²) in [6.45, 7) is 9.86. The molecule has 2 aromatic rings. The van der Waals surface area contributed by atoms with Gasteiger partial charge >= 0.3 is 0 Å². The highest BCUT2D eigenvalue weighted by Crippen LogP contribution is 2.36. The molecule has 1 aliphatic carbocycles. The summed E-state index contributed by atoms with van der Waals surface area (Å²) in [7, 11) is -2.23. The summed E-state index contributed by atoms with van der Waals surface area (Å²) in [6.07, 6.45) is 5.38. The Balaban J connectivity index is 1.23. The second-order valence-electron chi connectivity index (χ2n) is 10.8. The van der Waals surface area contributed by atoms with Crippen molar-refractivity contribution in [3.05, 3.63) is 41.1 Å². The van der Waals surface area contributed by atoms with Gasteiger partial charge in [-0.15, -0.1) is 0 Å². The lowest BCUT2D eigenvalue weighted by Crippen LogP contribution is -2.50. The van der Waals surface area contributed by atoms with Crippen molar-refractivity contribution in [2.45, 2.75) is 57.0 Å². The highest BCUT2D eigenvalue weighted by molar-refractivity contribution is 7.89. The molecule has 2 aliphatic heterocycles. The van der Waals surface area contributed by atoms with Crippen LogP contribution in [0.15, 0.2) is 27.7 Å². The van der Waals surface area contributed by atoms with E-state index in [1.165, 1.54) is 23.4 Å². The van der Waals surface area contributed by atoms with Gasteiger partial charge in [-0.1, -0.05) is 0 Å². The minimum Gasteiger partial charge on any atom is -0.497 e. The number of oxazole rings is 1. The van der Waals surface area contributed by atoms with Crippen molar-refractivity contribution < 1.29 is 22.4 Å². The Morgan fingerprint density at radius 1 is 1.11 bits per heavy atom. The number of hydrogen-bond donors (Lipinski definition) is 1. The summed E-state index contributed by atoms with van der Waals surface area (Å²) in [6, 6.07) is 3.37. The number of ether oxygens (including phenoxy) is 1. The maximum atomic E-state index is 13.8. The van der Waals surface area contributed by atoms with Crippen LogP contribution in [-0.4, -0.2) is 92.4 Å². The van der Waals surface area contributed by atoms with E-state index in [0.29, 0.717) is 30.0 Å². The third kappa shape index (κ3) is 5.90. The van der Waals surface area contributed by atoms with Gasteiger partial charge in [0.15, 0.2) is 5.69 Å². The van der Waals surface area contributed by atoms with Crippen LogP contribution in [0.4, 0.5) is 0 Å². The van der Waals surface area contributed by atoms with Crippen molar-refractivity contribution in [1.82, 2.24) is 24.4 Å². The van der Waals surface area contributed by atoms with Crippen LogP contribution in [-0.2, 0) is 16.6 Å². The molecule has 11 heteroatoms. The molecule has 208 valence electrons. The maximum Gasteiger partial charge on any atom is 0.275 e. The first-order chi connectivity index (χ1) is 18.3. The zero-order valence-electron chi connectivity index (χ0n) is 22.6. The van der Waals surface area contributed by atoms with Crippen LogP contribution >= 0.6 is 0 Å². The molecule has 0 atom stereocenters. The van der Waals surface area contributed by atoms with Crippen molar-refractivity contribution in [2.24, 2.45) is 5.92 Å². The lowest BCUT2D eigenvalue weighted by Gasteiger charge is -2.37. The van der Waals surface area contributed by atoms with Crippen molar-refractivity contribution in [3.63, 3.8) is 0 Å². The van der Waals surface area contributed by atoms with E-state index >= 15 is 0 Å². The number of hydrogen-bond acceptors (Lipinski definition) is 8. The molecular formula is C27H39N5O5S. The number of aromatic nitrogens is 1. The van der Waals surface area contributed by atoms with Crippen molar-refractivity contribution in [2.75, 3.05) is 52.9 Å². The Hall–Kier alpha value is -2.47. The summed E-state index contributed by atoms with van der Waals surface area (Å²) in [4.78, 5) is 22.1. The molecule has 3 fully saturated rings. The highest BCUT2D eigenvalue weighted by Gasteiger charge is 2.40. The summed E-state index contributed by atoms with van der Waals surface area (Å²) in [5.41, 5.74) is 1.50. The number of amides is 1. The summed E-state index contributed by atoms with van der Waals surface area (Å²) in [5, 5.41) is 3.41. The predicted molar refractivity (Wildman–Crippen MR) is 143 cm³/mol. The van der Waals surface area contributed by atoms with E-state index in [4.69, 9.17) is 9.15 Å². The molecule has 0 unspecified atom stereocenters. The monoisotopic (exact) mass is 545 g/mol. The Labute approximate surface area is 225 Å². The number of sulfonamides is 1. The average molecular weight is 546 g/mol. The van der Waals surface area contributed by atoms with Crippen LogP contribution < -0.4 is 10.1 Å². The fourth-order valence-corrected chi connectivity index (χ4v) is 7.72. The molecule has 3 heterocycles. The molecule has 0 radical (unpaired) electrons. The predicted octanol–water partition coefficient (Wildman–Crippen LogP) is 2.41. The Bertz CT molecular complexity index is 1220. The van der Waals surface area contributed by atoms with Gasteiger partial charge in [-0.3, -0.25) is 9.69 Å². The zero-order valence-corrected chi connectivity index (χ0v) is 23.4. The first-order valence-electron chi connectivity index (χ1n) is 13.6. The molecule has 1 amide bonds. The van der Waals surface area contributed by atoms with Crippen LogP contribution in [0.2, 0.25) is 0 Å². The molecule has 1 N–H and O–H groups in total. The van der Waals surface area contributed by atoms with Gasteiger partial charge in [0, 0.05) is 38.8 Å². The molecule has 10 nitrogen and oxygen atoms in total. The number of piperazine rings is 1. The topological polar surface area (TPSA) is 108 Å². The average Bonchev–Trinajstić information content (AvgIpc) is 3.63. The van der Waals surface area contributed by atoms with Gasteiger partial charge in [0.25, 0.3) is 5.91 Å². The number of rotatable bonds is 9. The second-order valence-corrected chi connectivity index (χ2v) is 12.6. The van der Waals surface area contributed by atoms with Gasteiger partial charge in [0.05, 0.1) is 18.6 Å². The first-order valence-corrected chi connectivity index (χ1v) is 15.0. The number of carbonyl (C=O) groups excluding carboxylic acids is 1. The van der Waals surface area contributed by atoms with Crippen molar-refractivity contribution in [3.8, 4) is 5.75 Å². The van der Waals surface area contributed by atoms with E-state index < -0.39 is 10.0 Å². The van der Waals surface area contributed by atoms with E-state index in [0.717, 1.165) is 51.5 Å². The molecule has 3 aliphatic rings. The van der Waals surface area contributed by atoms with Crippen LogP contribution in [0.3, 0.4) is 0 Å². The zero-order chi connectivity index (χ0) is 26.9. The van der Waals surface area contributed by atoms with E-state index in [1.807, 2.05) is 4.90 Å². The van der Waals surface area contributed by atoms with Gasteiger partial charge in [0.2, 0.25) is 15.9 Å². The Kier molecular flexibility index (Phi) is 8.08. The molecule has 2 saturated heterocycles. The third-order valence-electron chi connectivity index (χ3n) is 7.89. The fourth-order valence-electron chi connectivity index (χ4n) is 5.67. The van der Waals surface area contributed by atoms with Crippen LogP contribution in [0.5, 0.6) is 5.75 Å². The highest BCUT2D eigenvalue weighted by atomic mass is 32.2. The smallest absolute Gasteiger partial charge is 0.275 e. The maximum absolute atomic E-state index is 13.8. The van der Waals surface area contributed by atoms with E-state index in [2.05, 4.69) is 15.2 Å². The molecule has 0 spiro atoms. The number of nitrogens with one attached hydrogen (secondary N) is 1. The summed E-state index contributed by atoms with van der Waals surface area (Å²) < 4.78 is 39.9. The number of aryl methyl sites for hydroxylation is 2. The van der Waals surface area contributed by atoms with Gasteiger partial charge in [-0.05, 0) is 81.8 Å². The van der Waals surface area contributed by atoms with Gasteiger partial charge in [-0.2, -0.15) is 4.31 Å². The Morgan fingerprint density at radius 2 is 1.76 bits per heavy atom. The molecule has 1 aromatic heterocycles. The molecule has 1 aromatic carbocycles. The van der Waals surface area contributed by atoms with Crippen molar-refractivity contribution in [1.29, 1.82) is 0 Å². The number of piperidine rings is 1. The van der Waals surface area contributed by atoms with Crippen LogP contribution in [0.1, 0.15) is 53.2 Å². The second kappa shape index (κ2) is 11.3. The standard InChI is InChI=1S/C27H39N5O5S/c1-19-14-23(36-3)15-20(2)26(19)38(34,35)32(22-4-5-22)17-25-29-24(18-37-25)27(33)31-12-10-30(11-13-31)16-21-6-8-28-9-7-21/h14-15,18,21-22,28H,4-13,16-17H2,1-3H3. The summed E-state index contributed by atoms with van der Waals surface area (Å²) in [5.74, 6) is 1.43. The Morgan fingerprint density at radius 3 is 2.37 bits per heavy atom. The minimum absolute atomic E-state index is 0.00475. The van der Waals surface area contributed by atoms with Gasteiger partial charge < -0.3 is 19.4 Å². The molecular weight excluding hydrogens is 506 g/mol. The molecule has 1 saturated carbocycles. The number of carbonyl (C=O) groups is 1. The third-order valence-corrected chi connectivity index (χ3v) is 10.1.